The number of rotatable bonds is 53. The van der Waals surface area contributed by atoms with E-state index in [1.165, 1.54) is 6.42 Å². The molecule has 448 valence electrons. The number of phosphoric ester groups is 1. The number of hydrogen-bond donors (Lipinski definition) is 2. The Bertz CT molecular complexity index is 1990. The number of allylic oxidation sites excluding steroid dienone is 28. The third-order valence-corrected chi connectivity index (χ3v) is 12.6. The number of carbonyl (C=O) groups excluding carboxylic acids is 3. The molecule has 0 aromatic heterocycles. The summed E-state index contributed by atoms with van der Waals surface area (Å²) >= 11 is 0. The van der Waals surface area contributed by atoms with Crippen molar-refractivity contribution in [1.29, 1.82) is 0 Å². The minimum atomic E-state index is -4.80. The molecule has 0 aromatic rings. The molecule has 0 radical (unpaired) electrons. The Labute approximate surface area is 485 Å². The molecule has 0 bridgehead atoms. The summed E-state index contributed by atoms with van der Waals surface area (Å²) in [7, 11) is -4.80. The minimum absolute atomic E-state index is 0.0253. The molecule has 3 atom stereocenters. The maximum Gasteiger partial charge on any atom is 0.472 e. The van der Waals surface area contributed by atoms with E-state index in [2.05, 4.69) is 167 Å². The van der Waals surface area contributed by atoms with Gasteiger partial charge in [-0.25, -0.2) is 4.57 Å². The predicted molar refractivity (Wildman–Crippen MR) is 334 cm³/mol. The monoisotopic (exact) mass is 1130 g/mol. The van der Waals surface area contributed by atoms with Crippen LogP contribution >= 0.6 is 7.82 Å². The normalized spacial score (nSPS) is 14.5. The van der Waals surface area contributed by atoms with Crippen LogP contribution in [0.15, 0.2) is 170 Å². The van der Waals surface area contributed by atoms with Crippen molar-refractivity contribution >= 4 is 25.7 Å². The Kier molecular flexibility index (Phi) is 56.1. The maximum absolute atomic E-state index is 12.9. The van der Waals surface area contributed by atoms with Crippen LogP contribution in [0.3, 0.4) is 0 Å². The van der Waals surface area contributed by atoms with Gasteiger partial charge in [-0.15, -0.1) is 0 Å². The molecule has 0 saturated heterocycles. The molecule has 0 aliphatic rings. The molecule has 0 rings (SSSR count). The maximum atomic E-state index is 12.9. The Hall–Kier alpha value is -5.16. The molecule has 0 aliphatic carbocycles. The number of carbonyl (C=O) groups is 3. The van der Waals surface area contributed by atoms with Gasteiger partial charge in [-0.3, -0.25) is 23.4 Å². The van der Waals surface area contributed by atoms with Gasteiger partial charge < -0.3 is 24.2 Å². The molecule has 12 heteroatoms. The second-order valence-corrected chi connectivity index (χ2v) is 20.5. The summed E-state index contributed by atoms with van der Waals surface area (Å²) in [6.07, 6.45) is 80.4. The average molecular weight is 1130 g/mol. The highest BCUT2D eigenvalue weighted by molar-refractivity contribution is 7.47. The second kappa shape index (κ2) is 59.9. The standard InChI is InChI=1S/C68H105O11P/c1-4-7-10-13-16-19-22-25-28-31-32-35-38-41-44-47-50-53-56-59-68(72)79-65(61-75-66(70)57-54-51-48-45-42-39-36-33-29-26-23-20-17-14-11-8-5-2)63-77-80(73,74)76-62-64(60-69)78-67(71)58-55-52-49-46-43-40-37-34-30-27-24-21-18-15-12-9-6-3/h7-12,16-21,25-30,32,35,37,40-41,44,46,49-50,53,64-65,69H,4-6,13-15,22-24,31,33-34,36,38-39,42-43,45,47-48,51-52,54-63H2,1-3H3,(H,73,74)/b10-7-,11-8-,12-9-,19-16-,20-17-,21-18-,28-25-,29-26-,30-27-,35-32-,40-37-,44-41-,49-46-,53-50-. The molecule has 2 N–H and O–H groups in total. The molecule has 0 spiro atoms. The summed E-state index contributed by atoms with van der Waals surface area (Å²) in [5.74, 6) is -1.66. The molecule has 0 saturated carbocycles. The van der Waals surface area contributed by atoms with Crippen molar-refractivity contribution in [3.63, 3.8) is 0 Å². The molecule has 0 aliphatic heterocycles. The van der Waals surface area contributed by atoms with E-state index in [1.807, 2.05) is 24.3 Å². The molecule has 0 heterocycles. The molecule has 0 aromatic carbocycles. The minimum Gasteiger partial charge on any atom is -0.462 e. The van der Waals surface area contributed by atoms with Crippen LogP contribution < -0.4 is 0 Å². The number of aliphatic hydroxyl groups is 1. The lowest BCUT2D eigenvalue weighted by Gasteiger charge is -2.21. The first-order valence-corrected chi connectivity index (χ1v) is 31.5. The average Bonchev–Trinajstić information content (AvgIpc) is 3.45. The summed E-state index contributed by atoms with van der Waals surface area (Å²) in [4.78, 5) is 48.6. The summed E-state index contributed by atoms with van der Waals surface area (Å²) in [5.41, 5.74) is 0. The van der Waals surface area contributed by atoms with Crippen molar-refractivity contribution < 1.29 is 52.2 Å². The van der Waals surface area contributed by atoms with Gasteiger partial charge in [0.25, 0.3) is 0 Å². The van der Waals surface area contributed by atoms with Gasteiger partial charge in [0.15, 0.2) is 6.10 Å². The summed E-state index contributed by atoms with van der Waals surface area (Å²) in [6, 6.07) is 0. The smallest absolute Gasteiger partial charge is 0.462 e. The predicted octanol–water partition coefficient (Wildman–Crippen LogP) is 18.2. The van der Waals surface area contributed by atoms with Crippen LogP contribution in [0.4, 0.5) is 0 Å². The van der Waals surface area contributed by atoms with Gasteiger partial charge in [0.2, 0.25) is 0 Å². The number of ether oxygens (including phenoxy) is 3. The number of phosphoric acid groups is 1. The lowest BCUT2D eigenvalue weighted by molar-refractivity contribution is -0.161. The Morgan fingerprint density at radius 2 is 0.650 bits per heavy atom. The van der Waals surface area contributed by atoms with Crippen molar-refractivity contribution in [1.82, 2.24) is 0 Å². The van der Waals surface area contributed by atoms with E-state index in [4.69, 9.17) is 23.3 Å². The number of hydrogen-bond acceptors (Lipinski definition) is 10. The lowest BCUT2D eigenvalue weighted by Crippen LogP contribution is -2.30. The quantitative estimate of drug-likeness (QED) is 0.0197. The second-order valence-electron chi connectivity index (χ2n) is 19.0. The van der Waals surface area contributed by atoms with Crippen LogP contribution in [0, 0.1) is 0 Å². The molecule has 3 unspecified atom stereocenters. The van der Waals surface area contributed by atoms with Gasteiger partial charge in [-0.2, -0.15) is 0 Å². The third-order valence-electron chi connectivity index (χ3n) is 11.6. The summed E-state index contributed by atoms with van der Waals surface area (Å²) < 4.78 is 39.4. The first-order chi connectivity index (χ1) is 39.2. The van der Waals surface area contributed by atoms with E-state index < -0.39 is 57.8 Å². The van der Waals surface area contributed by atoms with Crippen LogP contribution in [0.5, 0.6) is 0 Å². The fourth-order valence-electron chi connectivity index (χ4n) is 7.20. The van der Waals surface area contributed by atoms with Gasteiger partial charge in [-0.1, -0.05) is 223 Å². The summed E-state index contributed by atoms with van der Waals surface area (Å²) in [5, 5.41) is 9.83. The first-order valence-electron chi connectivity index (χ1n) is 30.0. The highest BCUT2D eigenvalue weighted by Crippen LogP contribution is 2.43. The van der Waals surface area contributed by atoms with E-state index in [0.717, 1.165) is 122 Å². The largest absolute Gasteiger partial charge is 0.472 e. The molecule has 0 fully saturated rings. The SMILES string of the molecule is CC/C=C\C/C=C\C/C=C\C/C=C\C/C=C\C/C=C\CCC(=O)OC(COC(=O)CCCCCCCCC/C=C\C/C=C\C/C=C\CC)COP(=O)(O)OCC(CO)OC(=O)CCC/C=C\C/C=C\C/C=C\C/C=C\C/C=C\CC. The zero-order chi connectivity index (χ0) is 58.3. The van der Waals surface area contributed by atoms with Crippen LogP contribution in [0.1, 0.15) is 201 Å². The highest BCUT2D eigenvalue weighted by Gasteiger charge is 2.28. The highest BCUT2D eigenvalue weighted by atomic mass is 31.2. The van der Waals surface area contributed by atoms with Gasteiger partial charge in [0.05, 0.1) is 19.8 Å². The van der Waals surface area contributed by atoms with Crippen LogP contribution in [-0.2, 0) is 42.2 Å². The molecule has 0 amide bonds. The van der Waals surface area contributed by atoms with Gasteiger partial charge in [0, 0.05) is 19.3 Å². The van der Waals surface area contributed by atoms with E-state index >= 15 is 0 Å². The molecule has 11 nitrogen and oxygen atoms in total. The Morgan fingerprint density at radius 1 is 0.350 bits per heavy atom. The van der Waals surface area contributed by atoms with Gasteiger partial charge >= 0.3 is 25.7 Å². The van der Waals surface area contributed by atoms with Crippen LogP contribution in [0.2, 0.25) is 0 Å². The first kappa shape index (κ1) is 74.8. The molecule has 80 heavy (non-hydrogen) atoms. The van der Waals surface area contributed by atoms with Crippen molar-refractivity contribution in [3.8, 4) is 0 Å². The number of aliphatic hydroxyl groups excluding tert-OH is 1. The lowest BCUT2D eigenvalue weighted by atomic mass is 10.1. The van der Waals surface area contributed by atoms with E-state index in [9.17, 15) is 28.9 Å². The van der Waals surface area contributed by atoms with Gasteiger partial charge in [0.1, 0.15) is 12.7 Å². The molecular weight excluding hydrogens is 1020 g/mol. The van der Waals surface area contributed by atoms with Crippen LogP contribution in [-0.4, -0.2) is 66.5 Å². The Morgan fingerprint density at radius 3 is 1.05 bits per heavy atom. The zero-order valence-corrected chi connectivity index (χ0v) is 50.4. The number of esters is 3. The molecular formula is C68H105O11P. The van der Waals surface area contributed by atoms with E-state index in [0.29, 0.717) is 32.1 Å². The fraction of sp³-hybridized carbons (Fsp3) is 0.544. The topological polar surface area (TPSA) is 155 Å². The Balaban J connectivity index is 4.93. The zero-order valence-electron chi connectivity index (χ0n) is 49.5. The van der Waals surface area contributed by atoms with E-state index in [1.54, 1.807) is 0 Å². The van der Waals surface area contributed by atoms with E-state index in [-0.39, 0.29) is 25.9 Å². The van der Waals surface area contributed by atoms with Crippen molar-refractivity contribution in [2.24, 2.45) is 0 Å². The summed E-state index contributed by atoms with van der Waals surface area (Å²) in [6.45, 7) is 4.12. The van der Waals surface area contributed by atoms with Gasteiger partial charge in [-0.05, 0) is 128 Å². The third kappa shape index (κ3) is 57.5. The van der Waals surface area contributed by atoms with Crippen molar-refractivity contribution in [3.05, 3.63) is 170 Å². The fourth-order valence-corrected chi connectivity index (χ4v) is 7.98. The van der Waals surface area contributed by atoms with Crippen molar-refractivity contribution in [2.45, 2.75) is 213 Å². The van der Waals surface area contributed by atoms with Crippen LogP contribution in [0.25, 0.3) is 0 Å². The number of unbranched alkanes of at least 4 members (excludes halogenated alkanes) is 8. The van der Waals surface area contributed by atoms with Crippen molar-refractivity contribution in [2.75, 3.05) is 26.4 Å².